The number of anilines is 1. The number of nitro groups is 1. The fraction of sp³-hybridized carbons (Fsp3) is 0.556. The van der Waals surface area contributed by atoms with Crippen molar-refractivity contribution in [3.63, 3.8) is 0 Å². The third-order valence-corrected chi connectivity index (χ3v) is 1.81. The molecule has 100 valence electrons. The smallest absolute Gasteiger partial charge is 0.349 e. The molecular weight excluding hydrogens is 250 g/mol. The molecule has 0 aromatic carbocycles. The highest BCUT2D eigenvalue weighted by atomic mass is 19.3. The molecule has 9 heteroatoms. The van der Waals surface area contributed by atoms with E-state index < -0.39 is 29.5 Å². The van der Waals surface area contributed by atoms with Crippen LogP contribution < -0.4 is 10.1 Å². The minimum atomic E-state index is -2.73. The fourth-order valence-corrected chi connectivity index (χ4v) is 1.06. The molecule has 0 spiro atoms. The molecule has 18 heavy (non-hydrogen) atoms. The Morgan fingerprint density at radius 1 is 1.61 bits per heavy atom. The first-order chi connectivity index (χ1) is 8.54. The van der Waals surface area contributed by atoms with Crippen LogP contribution in [0.5, 0.6) is 5.88 Å². The van der Waals surface area contributed by atoms with Crippen LogP contribution in [0.2, 0.25) is 0 Å². The molecule has 1 heterocycles. The molecule has 1 rings (SSSR count). The third-order valence-electron chi connectivity index (χ3n) is 1.81. The van der Waals surface area contributed by atoms with Crippen LogP contribution >= 0.6 is 0 Å². The van der Waals surface area contributed by atoms with Gasteiger partial charge in [-0.1, -0.05) is 6.92 Å². The van der Waals surface area contributed by atoms with Gasteiger partial charge in [-0.2, -0.15) is 4.98 Å². The Kier molecular flexibility index (Phi) is 5.15. The van der Waals surface area contributed by atoms with E-state index in [0.29, 0.717) is 6.54 Å². The van der Waals surface area contributed by atoms with Gasteiger partial charge in [-0.15, -0.1) is 0 Å². The average molecular weight is 262 g/mol. The van der Waals surface area contributed by atoms with Crippen LogP contribution in [0.3, 0.4) is 0 Å². The molecule has 0 aliphatic rings. The summed E-state index contributed by atoms with van der Waals surface area (Å²) in [5.74, 6) is -0.361. The van der Waals surface area contributed by atoms with Crippen molar-refractivity contribution >= 4 is 11.6 Å². The molecule has 7 nitrogen and oxygen atoms in total. The Morgan fingerprint density at radius 2 is 2.33 bits per heavy atom. The van der Waals surface area contributed by atoms with Crippen molar-refractivity contribution in [1.82, 2.24) is 9.97 Å². The molecule has 0 saturated carbocycles. The van der Waals surface area contributed by atoms with Crippen LogP contribution in [-0.4, -0.2) is 34.5 Å². The first-order valence-corrected chi connectivity index (χ1v) is 5.20. The van der Waals surface area contributed by atoms with E-state index in [4.69, 9.17) is 0 Å². The summed E-state index contributed by atoms with van der Waals surface area (Å²) in [7, 11) is 0. The lowest BCUT2D eigenvalue weighted by molar-refractivity contribution is -0.386. The zero-order valence-electron chi connectivity index (χ0n) is 9.60. The van der Waals surface area contributed by atoms with Crippen LogP contribution in [0.15, 0.2) is 6.20 Å². The maximum Gasteiger partial charge on any atom is 0.349 e. The zero-order valence-corrected chi connectivity index (χ0v) is 9.60. The average Bonchev–Trinajstić information content (AvgIpc) is 2.33. The largest absolute Gasteiger partial charge is 0.467 e. The SMILES string of the molecule is CCCNc1ncc([N+](=O)[O-])c(OCC(F)F)n1. The second kappa shape index (κ2) is 6.62. The Morgan fingerprint density at radius 3 is 2.89 bits per heavy atom. The van der Waals surface area contributed by atoms with Gasteiger partial charge in [0.25, 0.3) is 12.3 Å². The van der Waals surface area contributed by atoms with E-state index in [2.05, 4.69) is 20.0 Å². The first-order valence-electron chi connectivity index (χ1n) is 5.20. The summed E-state index contributed by atoms with van der Waals surface area (Å²) in [6, 6.07) is 0. The maximum atomic E-state index is 12.0. The highest BCUT2D eigenvalue weighted by Gasteiger charge is 2.20. The van der Waals surface area contributed by atoms with Crippen molar-refractivity contribution < 1.29 is 18.4 Å². The highest BCUT2D eigenvalue weighted by Crippen LogP contribution is 2.24. The van der Waals surface area contributed by atoms with Crippen molar-refractivity contribution in [2.75, 3.05) is 18.5 Å². The van der Waals surface area contributed by atoms with Gasteiger partial charge in [0, 0.05) is 6.54 Å². The van der Waals surface area contributed by atoms with Crippen LogP contribution in [0, 0.1) is 10.1 Å². The summed E-state index contributed by atoms with van der Waals surface area (Å²) in [6.45, 7) is 1.52. The molecule has 0 amide bonds. The van der Waals surface area contributed by atoms with Crippen molar-refractivity contribution in [2.45, 2.75) is 19.8 Å². The molecule has 0 fully saturated rings. The number of aromatic nitrogens is 2. The molecular formula is C9H12F2N4O3. The molecule has 0 aliphatic carbocycles. The lowest BCUT2D eigenvalue weighted by Crippen LogP contribution is -2.11. The molecule has 0 bridgehead atoms. The van der Waals surface area contributed by atoms with Gasteiger partial charge in [-0.3, -0.25) is 10.1 Å². The number of hydrogen-bond acceptors (Lipinski definition) is 6. The van der Waals surface area contributed by atoms with Gasteiger partial charge in [0.1, 0.15) is 6.20 Å². The van der Waals surface area contributed by atoms with Gasteiger partial charge in [-0.25, -0.2) is 13.8 Å². The number of ether oxygens (including phenoxy) is 1. The zero-order chi connectivity index (χ0) is 13.5. The minimum Gasteiger partial charge on any atom is -0.467 e. The van der Waals surface area contributed by atoms with Crippen molar-refractivity contribution in [3.05, 3.63) is 16.3 Å². The Hall–Kier alpha value is -2.06. The molecule has 1 aromatic heterocycles. The van der Waals surface area contributed by atoms with E-state index in [1.807, 2.05) is 6.92 Å². The summed E-state index contributed by atoms with van der Waals surface area (Å²) in [5.41, 5.74) is -0.544. The number of hydrogen-bond donors (Lipinski definition) is 1. The molecule has 0 aliphatic heterocycles. The van der Waals surface area contributed by atoms with Crippen LogP contribution in [0.4, 0.5) is 20.4 Å². The number of nitrogens with zero attached hydrogens (tertiary/aromatic N) is 3. The van der Waals surface area contributed by atoms with E-state index in [-0.39, 0.29) is 5.95 Å². The standard InChI is InChI=1S/C9H12F2N4O3/c1-2-3-12-9-13-4-6(15(16)17)8(14-9)18-5-7(10)11/h4,7H,2-3,5H2,1H3,(H,12,13,14). The van der Waals surface area contributed by atoms with Gasteiger partial charge in [0.2, 0.25) is 5.95 Å². The normalized spacial score (nSPS) is 10.4. The quantitative estimate of drug-likeness (QED) is 0.595. The third kappa shape index (κ3) is 4.07. The predicted octanol–water partition coefficient (Wildman–Crippen LogP) is 1.85. The van der Waals surface area contributed by atoms with Crippen molar-refractivity contribution in [3.8, 4) is 5.88 Å². The molecule has 1 N–H and O–H groups in total. The maximum absolute atomic E-state index is 12.0. The Balaban J connectivity index is 2.88. The number of rotatable bonds is 7. The monoisotopic (exact) mass is 262 g/mol. The fourth-order valence-electron chi connectivity index (χ4n) is 1.06. The molecule has 0 saturated heterocycles. The molecule has 0 atom stereocenters. The molecule has 0 radical (unpaired) electrons. The summed E-state index contributed by atoms with van der Waals surface area (Å²) >= 11 is 0. The van der Waals surface area contributed by atoms with Crippen LogP contribution in [0.1, 0.15) is 13.3 Å². The van der Waals surface area contributed by atoms with E-state index in [0.717, 1.165) is 12.6 Å². The summed E-state index contributed by atoms with van der Waals surface area (Å²) in [6.07, 6.45) is -1.01. The Labute approximate surface area is 101 Å². The molecule has 0 unspecified atom stereocenters. The summed E-state index contributed by atoms with van der Waals surface area (Å²) in [5, 5.41) is 13.4. The van der Waals surface area contributed by atoms with Gasteiger partial charge < -0.3 is 10.1 Å². The topological polar surface area (TPSA) is 90.2 Å². The van der Waals surface area contributed by atoms with Gasteiger partial charge in [-0.05, 0) is 6.42 Å². The second-order valence-corrected chi connectivity index (χ2v) is 3.27. The van der Waals surface area contributed by atoms with E-state index in [1.54, 1.807) is 0 Å². The number of nitrogens with one attached hydrogen (secondary N) is 1. The highest BCUT2D eigenvalue weighted by molar-refractivity contribution is 5.43. The predicted molar refractivity (Wildman–Crippen MR) is 59.0 cm³/mol. The van der Waals surface area contributed by atoms with Crippen molar-refractivity contribution in [2.24, 2.45) is 0 Å². The van der Waals surface area contributed by atoms with E-state index >= 15 is 0 Å². The molecule has 1 aromatic rings. The lowest BCUT2D eigenvalue weighted by atomic mass is 10.5. The van der Waals surface area contributed by atoms with Crippen LogP contribution in [-0.2, 0) is 0 Å². The minimum absolute atomic E-state index is 0.103. The van der Waals surface area contributed by atoms with Crippen LogP contribution in [0.25, 0.3) is 0 Å². The van der Waals surface area contributed by atoms with Crippen molar-refractivity contribution in [1.29, 1.82) is 0 Å². The van der Waals surface area contributed by atoms with Gasteiger partial charge in [0.15, 0.2) is 6.61 Å². The second-order valence-electron chi connectivity index (χ2n) is 3.27. The number of halogens is 2. The summed E-state index contributed by atoms with van der Waals surface area (Å²) in [4.78, 5) is 17.2. The Bertz CT molecular complexity index is 417. The van der Waals surface area contributed by atoms with Gasteiger partial charge in [0.05, 0.1) is 4.92 Å². The van der Waals surface area contributed by atoms with Gasteiger partial charge >= 0.3 is 5.69 Å². The summed E-state index contributed by atoms with van der Waals surface area (Å²) < 4.78 is 28.6. The van der Waals surface area contributed by atoms with E-state index in [9.17, 15) is 18.9 Å². The first kappa shape index (κ1) is 14.0. The number of alkyl halides is 2. The lowest BCUT2D eigenvalue weighted by Gasteiger charge is -2.07. The van der Waals surface area contributed by atoms with E-state index in [1.165, 1.54) is 0 Å².